The van der Waals surface area contributed by atoms with E-state index in [1.807, 2.05) is 0 Å². The van der Waals surface area contributed by atoms with Crippen LogP contribution in [0.3, 0.4) is 0 Å². The molecule has 0 bridgehead atoms. The lowest BCUT2D eigenvalue weighted by Crippen LogP contribution is -2.32. The highest BCUT2D eigenvalue weighted by atomic mass is 35.7. The van der Waals surface area contributed by atoms with Gasteiger partial charge in [-0.1, -0.05) is 0 Å². The van der Waals surface area contributed by atoms with Crippen LogP contribution in [0.25, 0.3) is 0 Å². The fraction of sp³-hybridized carbons (Fsp3) is 0.667. The van der Waals surface area contributed by atoms with Crippen molar-refractivity contribution in [3.8, 4) is 0 Å². The molecule has 0 spiro atoms. The fourth-order valence-electron chi connectivity index (χ4n) is 1.10. The van der Waals surface area contributed by atoms with Crippen LogP contribution in [0.4, 0.5) is 0 Å². The summed E-state index contributed by atoms with van der Waals surface area (Å²) in [7, 11) is 1.60. The van der Waals surface area contributed by atoms with E-state index in [1.165, 1.54) is 0 Å². The maximum Gasteiger partial charge on any atom is 0.235 e. The third-order valence-corrected chi connectivity index (χ3v) is 3.71. The zero-order valence-corrected chi connectivity index (χ0v) is 7.78. The van der Waals surface area contributed by atoms with Gasteiger partial charge in [0.1, 0.15) is 5.94 Å². The molecule has 0 aliphatic carbocycles. The van der Waals surface area contributed by atoms with Crippen LogP contribution in [0.2, 0.25) is 0 Å². The van der Waals surface area contributed by atoms with Crippen LogP contribution in [-0.2, 0) is 13.8 Å². The highest BCUT2D eigenvalue weighted by Gasteiger charge is 2.27. The van der Waals surface area contributed by atoms with Gasteiger partial charge in [0.15, 0.2) is 0 Å². The van der Waals surface area contributed by atoms with Crippen molar-refractivity contribution in [2.45, 2.75) is 18.1 Å². The Kier molecular flexibility index (Phi) is 2.77. The van der Waals surface area contributed by atoms with Gasteiger partial charge < -0.3 is 5.32 Å². The molecule has 1 N–H and O–H groups in total. The summed E-state index contributed by atoms with van der Waals surface area (Å²) < 4.78 is 21.7. The molecule has 1 rings (SSSR count). The number of nitrogens with one attached hydrogen (secondary N) is 1. The molecule has 0 amide bonds. The molecule has 1 saturated heterocycles. The summed E-state index contributed by atoms with van der Waals surface area (Å²) in [5.74, 6) is 1.64. The smallest absolute Gasteiger partial charge is 0.235 e. The van der Waals surface area contributed by atoms with Gasteiger partial charge in [0.2, 0.25) is 9.05 Å². The lowest BCUT2D eigenvalue weighted by molar-refractivity contribution is 0.534. The van der Waals surface area contributed by atoms with Crippen LogP contribution in [-0.4, -0.2) is 26.2 Å². The molecule has 1 aliphatic heterocycles. The first-order valence-corrected chi connectivity index (χ1v) is 5.82. The Morgan fingerprint density at radius 1 is 1.58 bits per heavy atom. The third kappa shape index (κ3) is 2.24. The third-order valence-electron chi connectivity index (χ3n) is 1.76. The van der Waals surface area contributed by atoms with E-state index in [-0.39, 0.29) is 12.1 Å². The standard InChI is InChI=1S/C6H8ClNO3S/c7-12(10,11)6-1-2-8-5(3-6)4-9/h6,8H,1-3H2. The number of hydrogen-bond donors (Lipinski definition) is 1. The zero-order valence-electron chi connectivity index (χ0n) is 6.21. The summed E-state index contributed by atoms with van der Waals surface area (Å²) in [6.07, 6.45) is 0.590. The van der Waals surface area contributed by atoms with Crippen LogP contribution in [0, 0.1) is 0 Å². The Morgan fingerprint density at radius 2 is 2.25 bits per heavy atom. The van der Waals surface area contributed by atoms with Crippen LogP contribution in [0.15, 0.2) is 5.70 Å². The molecule has 6 heteroatoms. The van der Waals surface area contributed by atoms with E-state index in [0.29, 0.717) is 13.0 Å². The molecule has 1 aliphatic rings. The van der Waals surface area contributed by atoms with Gasteiger partial charge in [-0.15, -0.1) is 0 Å². The summed E-state index contributed by atoms with van der Waals surface area (Å²) in [5, 5.41) is 2.10. The van der Waals surface area contributed by atoms with Gasteiger partial charge in [0.05, 0.1) is 10.9 Å². The Morgan fingerprint density at radius 3 is 2.75 bits per heavy atom. The number of hydrogen-bond acceptors (Lipinski definition) is 4. The van der Waals surface area contributed by atoms with Crippen LogP contribution in [0.5, 0.6) is 0 Å². The van der Waals surface area contributed by atoms with E-state index in [1.54, 1.807) is 5.94 Å². The molecule has 68 valence electrons. The molecular weight excluding hydrogens is 202 g/mol. The number of piperidine rings is 1. The highest BCUT2D eigenvalue weighted by Crippen LogP contribution is 2.20. The van der Waals surface area contributed by atoms with Crippen LogP contribution < -0.4 is 5.32 Å². The van der Waals surface area contributed by atoms with E-state index in [0.717, 1.165) is 0 Å². The second-order valence-electron chi connectivity index (χ2n) is 2.60. The van der Waals surface area contributed by atoms with Crippen molar-refractivity contribution in [1.29, 1.82) is 0 Å². The van der Waals surface area contributed by atoms with Gasteiger partial charge >= 0.3 is 0 Å². The molecular formula is C6H8ClNO3S. The zero-order chi connectivity index (χ0) is 9.19. The van der Waals surface area contributed by atoms with Crippen molar-refractivity contribution in [2.24, 2.45) is 0 Å². The largest absolute Gasteiger partial charge is 0.379 e. The quantitative estimate of drug-likeness (QED) is 0.489. The van der Waals surface area contributed by atoms with Crippen LogP contribution >= 0.6 is 10.7 Å². The van der Waals surface area contributed by atoms with Gasteiger partial charge in [-0.3, -0.25) is 0 Å². The van der Waals surface area contributed by atoms with Gasteiger partial charge in [-0.25, -0.2) is 13.2 Å². The molecule has 0 aromatic carbocycles. The van der Waals surface area contributed by atoms with Gasteiger partial charge in [-0.05, 0) is 6.42 Å². The summed E-state index contributed by atoms with van der Waals surface area (Å²) >= 11 is 0. The van der Waals surface area contributed by atoms with Gasteiger partial charge in [0.25, 0.3) is 0 Å². The minimum atomic E-state index is -3.54. The molecule has 1 heterocycles. The highest BCUT2D eigenvalue weighted by molar-refractivity contribution is 8.14. The predicted octanol–water partition coefficient (Wildman–Crippen LogP) is 0.0225. The summed E-state index contributed by atoms with van der Waals surface area (Å²) in [4.78, 5) is 10.2. The number of halogens is 1. The minimum Gasteiger partial charge on any atom is -0.379 e. The first kappa shape index (κ1) is 9.58. The fourth-order valence-corrected chi connectivity index (χ4v) is 2.33. The van der Waals surface area contributed by atoms with Crippen molar-refractivity contribution in [3.05, 3.63) is 5.70 Å². The molecule has 4 nitrogen and oxygen atoms in total. The maximum absolute atomic E-state index is 10.8. The van der Waals surface area contributed by atoms with Crippen molar-refractivity contribution < 1.29 is 13.2 Å². The lowest BCUT2D eigenvalue weighted by Gasteiger charge is -2.20. The van der Waals surface area contributed by atoms with E-state index >= 15 is 0 Å². The minimum absolute atomic E-state index is 0.148. The molecule has 1 fully saturated rings. The molecule has 12 heavy (non-hydrogen) atoms. The normalized spacial score (nSPS) is 24.4. The second-order valence-corrected chi connectivity index (χ2v) is 5.51. The number of allylic oxidation sites excluding steroid dienone is 1. The molecule has 0 radical (unpaired) electrons. The second kappa shape index (κ2) is 3.47. The van der Waals surface area contributed by atoms with Crippen molar-refractivity contribution in [1.82, 2.24) is 5.32 Å². The SMILES string of the molecule is O=C=C1CC(S(=O)(=O)Cl)CCN1. The first-order valence-electron chi connectivity index (χ1n) is 3.45. The number of rotatable bonds is 1. The van der Waals surface area contributed by atoms with Crippen molar-refractivity contribution in [2.75, 3.05) is 6.54 Å². The molecule has 1 atom stereocenters. The average molecular weight is 210 g/mol. The summed E-state index contributed by atoms with van der Waals surface area (Å²) in [6, 6.07) is 0. The van der Waals surface area contributed by atoms with Gasteiger partial charge in [-0.2, -0.15) is 0 Å². The maximum atomic E-state index is 10.8. The predicted molar refractivity (Wildman–Crippen MR) is 45.0 cm³/mol. The van der Waals surface area contributed by atoms with Gasteiger partial charge in [0, 0.05) is 23.6 Å². The summed E-state index contributed by atoms with van der Waals surface area (Å²) in [5.41, 5.74) is 0.287. The molecule has 0 aromatic heterocycles. The Bertz CT molecular complexity index is 318. The topological polar surface area (TPSA) is 63.2 Å². The summed E-state index contributed by atoms with van der Waals surface area (Å²) in [6.45, 7) is 0.460. The number of carbonyl (C=O) groups excluding carboxylic acids is 1. The van der Waals surface area contributed by atoms with E-state index in [2.05, 4.69) is 5.32 Å². The van der Waals surface area contributed by atoms with E-state index in [9.17, 15) is 13.2 Å². The van der Waals surface area contributed by atoms with Crippen molar-refractivity contribution >= 4 is 25.7 Å². The van der Waals surface area contributed by atoms with Crippen LogP contribution in [0.1, 0.15) is 12.8 Å². The Balaban J connectivity index is 2.78. The average Bonchev–Trinajstić information content (AvgIpc) is 2.03. The molecule has 1 unspecified atom stereocenters. The van der Waals surface area contributed by atoms with E-state index < -0.39 is 14.3 Å². The first-order chi connectivity index (χ1) is 5.54. The van der Waals surface area contributed by atoms with Crippen molar-refractivity contribution in [3.63, 3.8) is 0 Å². The van der Waals surface area contributed by atoms with E-state index in [4.69, 9.17) is 10.7 Å². The monoisotopic (exact) mass is 209 g/mol. The lowest BCUT2D eigenvalue weighted by atomic mass is 10.1. The molecule has 0 aromatic rings. The Labute approximate surface area is 75.0 Å². The molecule has 0 saturated carbocycles. The Hall–Kier alpha value is -0.510.